The normalized spacial score (nSPS) is 37.0. The maximum absolute atomic E-state index is 14.4. The van der Waals surface area contributed by atoms with Crippen molar-refractivity contribution in [1.82, 2.24) is 0 Å². The van der Waals surface area contributed by atoms with E-state index >= 15 is 0 Å². The molecule has 4 aliphatic rings. The van der Waals surface area contributed by atoms with Crippen molar-refractivity contribution in [3.63, 3.8) is 0 Å². The molecule has 2 aromatic carbocycles. The van der Waals surface area contributed by atoms with E-state index in [4.69, 9.17) is 9.47 Å². The largest absolute Gasteiger partial charge is 0.394 e. The molecule has 8 N–H and O–H groups in total. The van der Waals surface area contributed by atoms with Gasteiger partial charge in [0.15, 0.2) is 12.5 Å². The van der Waals surface area contributed by atoms with E-state index in [0.29, 0.717) is 11.1 Å². The highest BCUT2D eigenvalue weighted by Crippen LogP contribution is 2.49. The predicted octanol–water partition coefficient (Wildman–Crippen LogP) is -2.49. The Morgan fingerprint density at radius 1 is 0.591 bits per heavy atom. The number of aliphatic hydroxyl groups excluding tert-OH is 8. The minimum atomic E-state index is -1.78. The molecule has 10 atom stereocenters. The number of ether oxygens (including phenoxy) is 2. The molecule has 0 bridgehead atoms. The molecule has 2 aromatic rings. The van der Waals surface area contributed by atoms with Crippen molar-refractivity contribution in [2.45, 2.75) is 75.1 Å². The summed E-state index contributed by atoms with van der Waals surface area (Å²) in [5.74, 6) is -1.55. The van der Waals surface area contributed by atoms with Crippen LogP contribution in [0.2, 0.25) is 0 Å². The topological polar surface area (TPSA) is 221 Å². The van der Waals surface area contributed by atoms with Gasteiger partial charge in [-0.05, 0) is 38.1 Å². The predicted molar refractivity (Wildman–Crippen MR) is 152 cm³/mol. The van der Waals surface area contributed by atoms with Crippen LogP contribution in [0.1, 0.15) is 22.3 Å². The van der Waals surface area contributed by atoms with Crippen LogP contribution in [-0.4, -0.2) is 127 Å². The summed E-state index contributed by atoms with van der Waals surface area (Å²) >= 11 is 0. The molecule has 0 aromatic heterocycles. The summed E-state index contributed by atoms with van der Waals surface area (Å²) in [5.41, 5.74) is 2.38. The number of rotatable bonds is 4. The van der Waals surface area contributed by atoms with Gasteiger partial charge in [0.05, 0.1) is 35.7 Å². The number of aryl methyl sites for hydroxylation is 2. The summed E-state index contributed by atoms with van der Waals surface area (Å²) in [7, 11) is 0. The lowest BCUT2D eigenvalue weighted by Gasteiger charge is -2.43. The van der Waals surface area contributed by atoms with Gasteiger partial charge in [-0.25, -0.2) is 0 Å². The Balaban J connectivity index is 1.52. The molecular formula is C30H34N2O12. The van der Waals surface area contributed by atoms with Gasteiger partial charge in [0, 0.05) is 11.1 Å². The number of benzene rings is 2. The highest BCUT2D eigenvalue weighted by Gasteiger charge is 2.54. The third kappa shape index (κ3) is 4.49. The van der Waals surface area contributed by atoms with E-state index in [0.717, 1.165) is 20.9 Å². The van der Waals surface area contributed by atoms with Crippen molar-refractivity contribution in [1.29, 1.82) is 0 Å². The number of anilines is 2. The number of hydrogen-bond acceptors (Lipinski definition) is 12. The first kappa shape index (κ1) is 30.7. The van der Waals surface area contributed by atoms with Crippen LogP contribution in [0.5, 0.6) is 0 Å². The highest BCUT2D eigenvalue weighted by atomic mass is 16.6. The Kier molecular flexibility index (Phi) is 7.87. The Labute approximate surface area is 251 Å². The van der Waals surface area contributed by atoms with Gasteiger partial charge < -0.3 is 50.3 Å². The van der Waals surface area contributed by atoms with Gasteiger partial charge in [-0.2, -0.15) is 0 Å². The number of carbonyl (C=O) groups is 2. The fourth-order valence-electron chi connectivity index (χ4n) is 6.39. The maximum atomic E-state index is 14.4. The minimum absolute atomic E-state index is 0.0791. The third-order valence-electron chi connectivity index (χ3n) is 8.72. The Morgan fingerprint density at radius 3 is 1.30 bits per heavy atom. The summed E-state index contributed by atoms with van der Waals surface area (Å²) < 4.78 is 11.4. The number of hydrogen-bond donors (Lipinski definition) is 8. The second kappa shape index (κ2) is 11.3. The summed E-state index contributed by atoms with van der Waals surface area (Å²) in [6, 6.07) is 9.90. The van der Waals surface area contributed by atoms with Crippen molar-refractivity contribution in [3.8, 4) is 0 Å². The fraction of sp³-hybridized carbons (Fsp3) is 0.467. The molecular weight excluding hydrogens is 580 g/mol. The Bertz CT molecular complexity index is 1410. The van der Waals surface area contributed by atoms with Crippen molar-refractivity contribution in [2.75, 3.05) is 23.0 Å². The van der Waals surface area contributed by atoms with E-state index in [1.54, 1.807) is 50.2 Å². The minimum Gasteiger partial charge on any atom is -0.394 e. The van der Waals surface area contributed by atoms with E-state index in [2.05, 4.69) is 0 Å². The molecule has 0 unspecified atom stereocenters. The van der Waals surface area contributed by atoms with Crippen LogP contribution < -0.4 is 9.80 Å². The van der Waals surface area contributed by atoms with Gasteiger partial charge in [-0.1, -0.05) is 23.3 Å². The molecule has 0 aliphatic carbocycles. The van der Waals surface area contributed by atoms with Crippen LogP contribution in [0.4, 0.5) is 11.4 Å². The number of carbonyl (C=O) groups excluding carboxylic acids is 2. The molecule has 2 fully saturated rings. The molecule has 236 valence electrons. The molecule has 0 saturated carbocycles. The lowest BCUT2D eigenvalue weighted by Crippen LogP contribution is -2.64. The Hall–Kier alpha value is -3.28. The van der Waals surface area contributed by atoms with Crippen LogP contribution in [0.15, 0.2) is 36.4 Å². The quantitative estimate of drug-likeness (QED) is 0.168. The lowest BCUT2D eigenvalue weighted by atomic mass is 9.94. The molecule has 4 heterocycles. The molecule has 44 heavy (non-hydrogen) atoms. The summed E-state index contributed by atoms with van der Waals surface area (Å²) in [5, 5.41) is 82.9. The van der Waals surface area contributed by atoms with E-state index in [1.807, 2.05) is 0 Å². The zero-order chi connectivity index (χ0) is 31.8. The van der Waals surface area contributed by atoms with E-state index < -0.39 is 86.3 Å². The van der Waals surface area contributed by atoms with Crippen LogP contribution in [-0.2, 0) is 19.1 Å². The average molecular weight is 615 g/mol. The fourth-order valence-corrected chi connectivity index (χ4v) is 6.39. The van der Waals surface area contributed by atoms with Gasteiger partial charge in [0.2, 0.25) is 0 Å². The molecule has 0 spiro atoms. The van der Waals surface area contributed by atoms with E-state index in [-0.39, 0.29) is 22.5 Å². The second-order valence-corrected chi connectivity index (χ2v) is 11.6. The molecule has 14 nitrogen and oxygen atoms in total. The van der Waals surface area contributed by atoms with Gasteiger partial charge in [-0.3, -0.25) is 19.4 Å². The van der Waals surface area contributed by atoms with Gasteiger partial charge in [-0.15, -0.1) is 0 Å². The first-order chi connectivity index (χ1) is 20.9. The molecule has 2 amide bonds. The monoisotopic (exact) mass is 614 g/mol. The van der Waals surface area contributed by atoms with Crippen molar-refractivity contribution in [3.05, 3.63) is 58.7 Å². The number of fused-ring (bicyclic) bond motifs is 2. The summed E-state index contributed by atoms with van der Waals surface area (Å²) in [6.07, 6.45) is -16.1. The zero-order valence-corrected chi connectivity index (χ0v) is 23.8. The van der Waals surface area contributed by atoms with E-state index in [9.17, 15) is 50.4 Å². The zero-order valence-electron chi connectivity index (χ0n) is 23.8. The molecule has 6 rings (SSSR count). The van der Waals surface area contributed by atoms with Crippen LogP contribution in [0.3, 0.4) is 0 Å². The van der Waals surface area contributed by atoms with Crippen LogP contribution >= 0.6 is 0 Å². The molecule has 4 aliphatic heterocycles. The van der Waals surface area contributed by atoms with Gasteiger partial charge in [0.25, 0.3) is 11.8 Å². The van der Waals surface area contributed by atoms with Crippen LogP contribution in [0, 0.1) is 13.8 Å². The number of aliphatic hydroxyl groups is 8. The van der Waals surface area contributed by atoms with Gasteiger partial charge >= 0.3 is 0 Å². The van der Waals surface area contributed by atoms with E-state index in [1.165, 1.54) is 0 Å². The van der Waals surface area contributed by atoms with Crippen molar-refractivity contribution >= 4 is 34.3 Å². The summed E-state index contributed by atoms with van der Waals surface area (Å²) in [6.45, 7) is 2.13. The number of nitrogens with zero attached hydrogens (tertiary/aromatic N) is 2. The standard InChI is InChI=1S/C30H34N2O12/c1-11-3-5-15-13(7-11)19(27(41)31(15)29-25(39)23(37)21(35)17(9-33)43-29)20-14-8-12(2)4-6-16(14)32(28(20)42)30-26(40)24(38)22(36)18(10-34)44-30/h3-8,17-18,21-26,29-30,33-40H,9-10H2,1-2H3/b20-19+/t17-,18-,21-,22-,23+,24+,25+,26+,29-,30-/m1/s1. The highest BCUT2D eigenvalue weighted by molar-refractivity contribution is 6.50. The molecule has 0 radical (unpaired) electrons. The van der Waals surface area contributed by atoms with Crippen molar-refractivity contribution < 1.29 is 59.9 Å². The Morgan fingerprint density at radius 2 is 0.955 bits per heavy atom. The summed E-state index contributed by atoms with van der Waals surface area (Å²) in [4.78, 5) is 30.9. The van der Waals surface area contributed by atoms with Crippen LogP contribution in [0.25, 0.3) is 11.1 Å². The first-order valence-corrected chi connectivity index (χ1v) is 14.2. The van der Waals surface area contributed by atoms with Crippen molar-refractivity contribution in [2.24, 2.45) is 0 Å². The number of amides is 2. The molecule has 14 heteroatoms. The maximum Gasteiger partial charge on any atom is 0.262 e. The average Bonchev–Trinajstić information content (AvgIpc) is 3.43. The smallest absolute Gasteiger partial charge is 0.262 e. The van der Waals surface area contributed by atoms with Gasteiger partial charge in [0.1, 0.15) is 48.8 Å². The lowest BCUT2D eigenvalue weighted by molar-refractivity contribution is -0.228. The first-order valence-electron chi connectivity index (χ1n) is 14.2. The molecule has 2 saturated heterocycles. The third-order valence-corrected chi connectivity index (χ3v) is 8.72. The SMILES string of the molecule is Cc1ccc2c(c1)/C(=C1\C(=O)N([C@@H]3O[C@H](CO)[C@@H](O)[C@H](O)[C@@H]3O)c3ccc(C)cc31)C(=O)N2[C@@H]1O[C@H](CO)[C@@H](O)[C@H](O)[C@@H]1O. The second-order valence-electron chi connectivity index (χ2n) is 11.6.